The quantitative estimate of drug-likeness (QED) is 0.366. The number of furan rings is 1. The lowest BCUT2D eigenvalue weighted by atomic mass is 10.2. The highest BCUT2D eigenvalue weighted by atomic mass is 35.5. The Hall–Kier alpha value is -2.21. The first-order chi connectivity index (χ1) is 13.2. The lowest BCUT2D eigenvalue weighted by molar-refractivity contribution is 0.504. The molecule has 0 aliphatic rings. The molecule has 0 saturated heterocycles. The van der Waals surface area contributed by atoms with E-state index in [9.17, 15) is 4.21 Å². The van der Waals surface area contributed by atoms with Gasteiger partial charge in [-0.25, -0.2) is 4.21 Å². The monoisotopic (exact) mass is 413 g/mol. The molecule has 1 unspecified atom stereocenters. The van der Waals surface area contributed by atoms with Crippen LogP contribution in [0.25, 0.3) is 11.0 Å². The van der Waals surface area contributed by atoms with Crippen molar-refractivity contribution in [3.63, 3.8) is 0 Å². The first kappa shape index (κ1) is 18.2. The molecule has 1 atom stereocenters. The van der Waals surface area contributed by atoms with Crippen molar-refractivity contribution < 1.29 is 8.63 Å². The summed E-state index contributed by atoms with van der Waals surface area (Å²) in [7, 11) is -1.52. The SMILES string of the molecule is O=S(Nc1cc(Cl)ccc1SCc1ccccc1)c1cc2ccccc2o1. The fourth-order valence-electron chi connectivity index (χ4n) is 2.64. The van der Waals surface area contributed by atoms with E-state index in [1.54, 1.807) is 23.9 Å². The predicted molar refractivity (Wildman–Crippen MR) is 114 cm³/mol. The molecular weight excluding hydrogens is 398 g/mol. The molecule has 0 aliphatic heterocycles. The third-order valence-electron chi connectivity index (χ3n) is 3.97. The molecule has 1 heterocycles. The van der Waals surface area contributed by atoms with Crippen molar-refractivity contribution in [2.45, 2.75) is 15.7 Å². The number of benzene rings is 3. The van der Waals surface area contributed by atoms with Crippen LogP contribution in [0.15, 0.2) is 93.3 Å². The number of nitrogens with one attached hydrogen (secondary N) is 1. The second kappa shape index (κ2) is 8.21. The molecule has 4 aromatic rings. The molecule has 3 aromatic carbocycles. The zero-order valence-electron chi connectivity index (χ0n) is 14.2. The average molecular weight is 414 g/mol. The first-order valence-corrected chi connectivity index (χ1v) is 10.8. The van der Waals surface area contributed by atoms with Crippen LogP contribution in [0, 0.1) is 0 Å². The Balaban J connectivity index is 1.55. The highest BCUT2D eigenvalue weighted by Gasteiger charge is 2.13. The normalized spacial score (nSPS) is 12.2. The Kier molecular flexibility index (Phi) is 5.53. The molecule has 136 valence electrons. The van der Waals surface area contributed by atoms with Crippen LogP contribution in [0.1, 0.15) is 5.56 Å². The van der Waals surface area contributed by atoms with Gasteiger partial charge in [-0.05, 0) is 29.8 Å². The molecular formula is C21H16ClNO2S2. The topological polar surface area (TPSA) is 42.2 Å². The molecule has 4 rings (SSSR count). The summed E-state index contributed by atoms with van der Waals surface area (Å²) < 4.78 is 21.5. The summed E-state index contributed by atoms with van der Waals surface area (Å²) in [5, 5.41) is 1.89. The van der Waals surface area contributed by atoms with Gasteiger partial charge in [0.2, 0.25) is 5.09 Å². The van der Waals surface area contributed by atoms with Gasteiger partial charge < -0.3 is 4.42 Å². The minimum absolute atomic E-state index is 0.384. The van der Waals surface area contributed by atoms with E-state index in [1.165, 1.54) is 5.56 Å². The largest absolute Gasteiger partial charge is 0.445 e. The molecule has 0 amide bonds. The van der Waals surface area contributed by atoms with Crippen LogP contribution < -0.4 is 4.72 Å². The first-order valence-electron chi connectivity index (χ1n) is 8.32. The summed E-state index contributed by atoms with van der Waals surface area (Å²) in [5.74, 6) is 0.814. The summed E-state index contributed by atoms with van der Waals surface area (Å²) >= 11 is 7.82. The lowest BCUT2D eigenvalue weighted by Gasteiger charge is -2.11. The van der Waals surface area contributed by atoms with Gasteiger partial charge in [0.1, 0.15) is 5.58 Å². The van der Waals surface area contributed by atoms with Gasteiger partial charge in [-0.15, -0.1) is 11.8 Å². The van der Waals surface area contributed by atoms with Crippen molar-refractivity contribution in [1.82, 2.24) is 0 Å². The number of hydrogen-bond donors (Lipinski definition) is 1. The van der Waals surface area contributed by atoms with Gasteiger partial charge in [0.05, 0.1) is 5.69 Å². The smallest absolute Gasteiger partial charge is 0.212 e. The number of para-hydroxylation sites is 1. The fourth-order valence-corrected chi connectivity index (χ4v) is 4.69. The molecule has 0 fully saturated rings. The van der Waals surface area contributed by atoms with Crippen LogP contribution in [-0.4, -0.2) is 4.21 Å². The standard InChI is InChI=1S/C21H16ClNO2S2/c22-17-10-11-20(26-14-15-6-2-1-3-7-15)18(13-17)23-27(24)21-12-16-8-4-5-9-19(16)25-21/h1-13,23H,14H2. The molecule has 0 radical (unpaired) electrons. The van der Waals surface area contributed by atoms with Gasteiger partial charge in [0.15, 0.2) is 11.0 Å². The van der Waals surface area contributed by atoms with Crippen LogP contribution in [0.4, 0.5) is 5.69 Å². The van der Waals surface area contributed by atoms with Crippen LogP contribution in [-0.2, 0) is 16.7 Å². The molecule has 1 aromatic heterocycles. The number of fused-ring (bicyclic) bond motifs is 1. The zero-order valence-corrected chi connectivity index (χ0v) is 16.6. The van der Waals surface area contributed by atoms with E-state index in [0.717, 1.165) is 21.7 Å². The average Bonchev–Trinajstić information content (AvgIpc) is 3.13. The van der Waals surface area contributed by atoms with E-state index >= 15 is 0 Å². The van der Waals surface area contributed by atoms with E-state index < -0.39 is 11.0 Å². The maximum atomic E-state index is 12.8. The number of hydrogen-bond acceptors (Lipinski definition) is 3. The third-order valence-corrected chi connectivity index (χ3v) is 6.32. The van der Waals surface area contributed by atoms with E-state index in [1.807, 2.05) is 54.6 Å². The highest BCUT2D eigenvalue weighted by molar-refractivity contribution is 7.98. The molecule has 0 saturated carbocycles. The summed E-state index contributed by atoms with van der Waals surface area (Å²) in [5.41, 5.74) is 2.66. The van der Waals surface area contributed by atoms with Crippen LogP contribution in [0.5, 0.6) is 0 Å². The van der Waals surface area contributed by atoms with Gasteiger partial charge in [-0.3, -0.25) is 4.72 Å². The van der Waals surface area contributed by atoms with E-state index in [2.05, 4.69) is 16.9 Å². The molecule has 3 nitrogen and oxygen atoms in total. The van der Waals surface area contributed by atoms with Gasteiger partial charge >= 0.3 is 0 Å². The summed E-state index contributed by atoms with van der Waals surface area (Å²) in [6.07, 6.45) is 0. The Bertz CT molecular complexity index is 1060. The number of rotatable bonds is 6. The molecule has 6 heteroatoms. The second-order valence-electron chi connectivity index (χ2n) is 5.89. The molecule has 0 spiro atoms. The van der Waals surface area contributed by atoms with Crippen LogP contribution in [0.2, 0.25) is 5.02 Å². The van der Waals surface area contributed by atoms with Gasteiger partial charge in [-0.2, -0.15) is 0 Å². The van der Waals surface area contributed by atoms with Crippen LogP contribution in [0.3, 0.4) is 0 Å². The van der Waals surface area contributed by atoms with Gasteiger partial charge in [0.25, 0.3) is 0 Å². The Morgan fingerprint density at radius 2 is 1.74 bits per heavy atom. The van der Waals surface area contributed by atoms with Crippen molar-refractivity contribution in [2.24, 2.45) is 0 Å². The summed E-state index contributed by atoms with van der Waals surface area (Å²) in [6.45, 7) is 0. The Morgan fingerprint density at radius 1 is 0.963 bits per heavy atom. The van der Waals surface area contributed by atoms with Gasteiger partial charge in [0, 0.05) is 27.1 Å². The number of anilines is 1. The minimum Gasteiger partial charge on any atom is -0.445 e. The molecule has 27 heavy (non-hydrogen) atoms. The van der Waals surface area contributed by atoms with Crippen molar-refractivity contribution in [1.29, 1.82) is 0 Å². The van der Waals surface area contributed by atoms with Crippen molar-refractivity contribution in [3.05, 3.63) is 89.4 Å². The van der Waals surface area contributed by atoms with E-state index in [-0.39, 0.29) is 0 Å². The van der Waals surface area contributed by atoms with Crippen molar-refractivity contribution in [2.75, 3.05) is 4.72 Å². The minimum atomic E-state index is -1.52. The van der Waals surface area contributed by atoms with Crippen molar-refractivity contribution in [3.8, 4) is 0 Å². The van der Waals surface area contributed by atoms with E-state index in [0.29, 0.717) is 15.7 Å². The van der Waals surface area contributed by atoms with Crippen LogP contribution >= 0.6 is 23.4 Å². The van der Waals surface area contributed by atoms with Crippen molar-refractivity contribution >= 4 is 51.0 Å². The molecule has 0 aliphatic carbocycles. The maximum Gasteiger partial charge on any atom is 0.212 e. The Labute approximate surface area is 169 Å². The second-order valence-corrected chi connectivity index (χ2v) is 8.49. The third kappa shape index (κ3) is 4.38. The summed E-state index contributed by atoms with van der Waals surface area (Å²) in [6, 6.07) is 25.2. The number of thioether (sulfide) groups is 1. The summed E-state index contributed by atoms with van der Waals surface area (Å²) in [4.78, 5) is 0.979. The number of halogens is 1. The van der Waals surface area contributed by atoms with E-state index in [4.69, 9.17) is 16.0 Å². The molecule has 0 bridgehead atoms. The lowest BCUT2D eigenvalue weighted by Crippen LogP contribution is -2.04. The zero-order chi connectivity index (χ0) is 18.6. The fraction of sp³-hybridized carbons (Fsp3) is 0.0476. The predicted octanol–water partition coefficient (Wildman–Crippen LogP) is 6.51. The maximum absolute atomic E-state index is 12.8. The highest BCUT2D eigenvalue weighted by Crippen LogP contribution is 2.33. The van der Waals surface area contributed by atoms with Gasteiger partial charge in [-0.1, -0.05) is 60.1 Å². The Morgan fingerprint density at radius 3 is 2.56 bits per heavy atom. The molecule has 1 N–H and O–H groups in total.